The van der Waals surface area contributed by atoms with Gasteiger partial charge < -0.3 is 25.7 Å². The summed E-state index contributed by atoms with van der Waals surface area (Å²) in [6, 6.07) is 12.3. The van der Waals surface area contributed by atoms with Gasteiger partial charge >= 0.3 is 0 Å². The number of nitrogens with one attached hydrogen (secondary N) is 4. The molecule has 40 heavy (non-hydrogen) atoms. The van der Waals surface area contributed by atoms with Crippen molar-refractivity contribution in [3.05, 3.63) is 81.1 Å². The number of amides is 2. The highest BCUT2D eigenvalue weighted by Crippen LogP contribution is 2.29. The lowest BCUT2D eigenvalue weighted by Gasteiger charge is -2.23. The molecule has 0 aliphatic rings. The number of methoxy groups -OCH3 is 1. The fraction of sp³-hybridized carbons (Fsp3) is 0.250. The van der Waals surface area contributed by atoms with Gasteiger partial charge in [-0.15, -0.1) is 12.4 Å². The van der Waals surface area contributed by atoms with Gasteiger partial charge in [0.1, 0.15) is 11.3 Å². The molecule has 0 aliphatic carbocycles. The fourth-order valence-corrected chi connectivity index (χ4v) is 4.48. The first kappa shape index (κ1) is 31.2. The molecule has 3 aromatic carbocycles. The molecule has 0 saturated carbocycles. The van der Waals surface area contributed by atoms with Crippen molar-refractivity contribution in [2.24, 2.45) is 5.41 Å². The third kappa shape index (κ3) is 7.03. The first-order valence-electron chi connectivity index (χ1n) is 12.1. The molecule has 1 heterocycles. The summed E-state index contributed by atoms with van der Waals surface area (Å²) in [6.07, 6.45) is 0. The topological polar surface area (TPSA) is 108 Å². The average Bonchev–Trinajstić information content (AvgIpc) is 3.28. The Morgan fingerprint density at radius 2 is 1.75 bits per heavy atom. The molecule has 2 amide bonds. The second-order valence-corrected chi connectivity index (χ2v) is 10.7. The molecular formula is C28H29Cl3FN5O3. The van der Waals surface area contributed by atoms with E-state index in [1.807, 2.05) is 13.8 Å². The summed E-state index contributed by atoms with van der Waals surface area (Å²) in [5.41, 5.74) is 2.03. The predicted molar refractivity (Wildman–Crippen MR) is 161 cm³/mol. The normalized spacial score (nSPS) is 11.2. The molecule has 1 aromatic heterocycles. The van der Waals surface area contributed by atoms with E-state index < -0.39 is 17.6 Å². The number of ether oxygens (including phenoxy) is 1. The molecule has 4 aromatic rings. The number of aromatic amines is 1. The van der Waals surface area contributed by atoms with Gasteiger partial charge in [0, 0.05) is 35.5 Å². The van der Waals surface area contributed by atoms with Crippen molar-refractivity contribution in [3.8, 4) is 0 Å². The molecule has 0 spiro atoms. The zero-order valence-corrected chi connectivity index (χ0v) is 24.6. The Bertz CT molecular complexity index is 1540. The zero-order valence-electron chi connectivity index (χ0n) is 22.2. The molecule has 0 saturated heterocycles. The Kier molecular flexibility index (Phi) is 10.0. The van der Waals surface area contributed by atoms with Crippen LogP contribution in [0.4, 0.5) is 21.7 Å². The molecule has 12 heteroatoms. The van der Waals surface area contributed by atoms with E-state index in [1.165, 1.54) is 18.2 Å². The van der Waals surface area contributed by atoms with E-state index in [9.17, 15) is 14.0 Å². The van der Waals surface area contributed by atoms with Crippen molar-refractivity contribution in [3.63, 3.8) is 0 Å². The smallest absolute Gasteiger partial charge is 0.260 e. The Morgan fingerprint density at radius 3 is 2.45 bits per heavy atom. The van der Waals surface area contributed by atoms with Gasteiger partial charge in [-0.1, -0.05) is 49.2 Å². The van der Waals surface area contributed by atoms with Crippen LogP contribution in [0.15, 0.2) is 48.5 Å². The number of hydrogen-bond donors (Lipinski definition) is 4. The maximum Gasteiger partial charge on any atom is 0.260 e. The van der Waals surface area contributed by atoms with Gasteiger partial charge in [0.25, 0.3) is 11.8 Å². The number of imidazole rings is 1. The third-order valence-electron chi connectivity index (χ3n) is 6.06. The van der Waals surface area contributed by atoms with Gasteiger partial charge in [0.05, 0.1) is 28.3 Å². The van der Waals surface area contributed by atoms with Crippen LogP contribution in [0.25, 0.3) is 11.0 Å². The lowest BCUT2D eigenvalue weighted by molar-refractivity contribution is 0.101. The number of halogens is 4. The number of H-pyrrole nitrogens is 1. The predicted octanol–water partition coefficient (Wildman–Crippen LogP) is 7.33. The van der Waals surface area contributed by atoms with Crippen LogP contribution in [0.2, 0.25) is 10.0 Å². The minimum atomic E-state index is -0.762. The molecular weight excluding hydrogens is 580 g/mol. The van der Waals surface area contributed by atoms with Crippen LogP contribution in [-0.2, 0) is 4.74 Å². The summed E-state index contributed by atoms with van der Waals surface area (Å²) >= 11 is 12.3. The largest absolute Gasteiger partial charge is 0.384 e. The Hall–Kier alpha value is -3.37. The van der Waals surface area contributed by atoms with Crippen LogP contribution >= 0.6 is 35.6 Å². The first-order valence-corrected chi connectivity index (χ1v) is 12.8. The lowest BCUT2D eigenvalue weighted by atomic mass is 9.95. The molecule has 0 radical (unpaired) electrons. The van der Waals surface area contributed by atoms with E-state index in [0.717, 1.165) is 6.07 Å². The molecule has 0 unspecified atom stereocenters. The standard InChI is InChI=1S/C28H28Cl2FN5O3.ClH/c1-15-18(29)7-6-10-21(15)34-25(37)17-11-16(33-26(38)23-19(30)8-5-9-20(23)31)12-22-24(17)36-27(35-22)32-13-28(2,3)14-39-4;/h5-12H,13-14H2,1-4H3,(H,33,38)(H,34,37)(H2,32,35,36);1H. The number of nitrogens with zero attached hydrogens (tertiary/aromatic N) is 1. The summed E-state index contributed by atoms with van der Waals surface area (Å²) in [5, 5.41) is 9.22. The summed E-state index contributed by atoms with van der Waals surface area (Å²) in [5.74, 6) is -1.55. The molecule has 0 bridgehead atoms. The molecule has 212 valence electrons. The zero-order chi connectivity index (χ0) is 28.3. The van der Waals surface area contributed by atoms with Gasteiger partial charge in [-0.2, -0.15) is 0 Å². The Balaban J connectivity index is 0.00000441. The van der Waals surface area contributed by atoms with Crippen molar-refractivity contribution in [1.82, 2.24) is 9.97 Å². The second-order valence-electron chi connectivity index (χ2n) is 9.87. The van der Waals surface area contributed by atoms with Crippen molar-refractivity contribution in [1.29, 1.82) is 0 Å². The van der Waals surface area contributed by atoms with Gasteiger partial charge in [-0.05, 0) is 48.9 Å². The van der Waals surface area contributed by atoms with Crippen LogP contribution in [0, 0.1) is 18.2 Å². The third-order valence-corrected chi connectivity index (χ3v) is 6.79. The number of carbonyl (C=O) groups is 2. The number of aromatic nitrogens is 2. The van der Waals surface area contributed by atoms with Gasteiger partial charge in [-0.3, -0.25) is 9.59 Å². The maximum absolute atomic E-state index is 14.4. The molecule has 0 fully saturated rings. The van der Waals surface area contributed by atoms with E-state index in [2.05, 4.69) is 25.9 Å². The average molecular weight is 609 g/mol. The molecule has 8 nitrogen and oxygen atoms in total. The Labute approximate surface area is 247 Å². The van der Waals surface area contributed by atoms with Gasteiger partial charge in [-0.25, -0.2) is 9.37 Å². The number of anilines is 3. The molecule has 4 N–H and O–H groups in total. The van der Waals surface area contributed by atoms with Crippen LogP contribution in [0.3, 0.4) is 0 Å². The highest BCUT2D eigenvalue weighted by molar-refractivity contribution is 6.34. The molecule has 0 aliphatic heterocycles. The second kappa shape index (κ2) is 12.9. The SMILES string of the molecule is COCC(C)(C)CNc1nc2c(C(=O)Nc3cccc(Cl)c3C)cc(NC(=O)c3c(F)cccc3Cl)cc2[nH]1.Cl. The van der Waals surface area contributed by atoms with Crippen LogP contribution < -0.4 is 16.0 Å². The summed E-state index contributed by atoms with van der Waals surface area (Å²) < 4.78 is 19.6. The monoisotopic (exact) mass is 607 g/mol. The van der Waals surface area contributed by atoms with Crippen molar-refractivity contribution in [2.45, 2.75) is 20.8 Å². The van der Waals surface area contributed by atoms with Gasteiger partial charge in [0.15, 0.2) is 0 Å². The molecule has 4 rings (SSSR count). The van der Waals surface area contributed by atoms with Crippen molar-refractivity contribution < 1.29 is 18.7 Å². The van der Waals surface area contributed by atoms with Crippen LogP contribution in [0.5, 0.6) is 0 Å². The summed E-state index contributed by atoms with van der Waals surface area (Å²) in [6.45, 7) is 6.95. The number of carbonyl (C=O) groups excluding carboxylic acids is 2. The highest BCUT2D eigenvalue weighted by atomic mass is 35.5. The number of fused-ring (bicyclic) bond motifs is 1. The maximum atomic E-state index is 14.4. The van der Waals surface area contributed by atoms with Crippen molar-refractivity contribution in [2.75, 3.05) is 36.2 Å². The Morgan fingerprint density at radius 1 is 1.05 bits per heavy atom. The van der Waals surface area contributed by atoms with Crippen LogP contribution in [-0.4, -0.2) is 42.0 Å². The number of rotatable bonds is 9. The highest BCUT2D eigenvalue weighted by Gasteiger charge is 2.22. The quantitative estimate of drug-likeness (QED) is 0.159. The minimum absolute atomic E-state index is 0. The fourth-order valence-electron chi connectivity index (χ4n) is 4.05. The minimum Gasteiger partial charge on any atom is -0.384 e. The van der Waals surface area contributed by atoms with Gasteiger partial charge in [0.2, 0.25) is 5.95 Å². The molecule has 0 atom stereocenters. The number of benzene rings is 3. The van der Waals surface area contributed by atoms with E-state index in [-0.39, 0.29) is 39.7 Å². The number of hydrogen-bond acceptors (Lipinski definition) is 5. The van der Waals surface area contributed by atoms with E-state index in [4.69, 9.17) is 27.9 Å². The summed E-state index contributed by atoms with van der Waals surface area (Å²) in [7, 11) is 1.64. The lowest BCUT2D eigenvalue weighted by Crippen LogP contribution is -2.28. The van der Waals surface area contributed by atoms with Crippen molar-refractivity contribution >= 4 is 75.8 Å². The van der Waals surface area contributed by atoms with E-state index >= 15 is 0 Å². The first-order chi connectivity index (χ1) is 18.5. The van der Waals surface area contributed by atoms with E-state index in [0.29, 0.717) is 46.4 Å². The van der Waals surface area contributed by atoms with E-state index in [1.54, 1.807) is 38.3 Å². The van der Waals surface area contributed by atoms with Crippen LogP contribution in [0.1, 0.15) is 40.1 Å². The summed E-state index contributed by atoms with van der Waals surface area (Å²) in [4.78, 5) is 34.2.